The Morgan fingerprint density at radius 1 is 0.971 bits per heavy atom. The number of hydrogen-bond donors (Lipinski definition) is 0. The molecule has 180 valence electrons. The topological polar surface area (TPSA) is 82.1 Å². The number of carbonyl (C=O) groups is 3. The molecule has 0 radical (unpaired) electrons. The van der Waals surface area contributed by atoms with E-state index in [9.17, 15) is 14.4 Å². The molecule has 1 aliphatic heterocycles. The molecule has 34 heavy (non-hydrogen) atoms. The zero-order valence-corrected chi connectivity index (χ0v) is 20.0. The minimum atomic E-state index is -0.958. The van der Waals surface area contributed by atoms with Crippen LogP contribution in [0.15, 0.2) is 48.5 Å². The van der Waals surface area contributed by atoms with Gasteiger partial charge in [0.1, 0.15) is 29.8 Å². The van der Waals surface area contributed by atoms with E-state index in [0.717, 1.165) is 16.9 Å². The van der Waals surface area contributed by atoms with Crippen molar-refractivity contribution >= 4 is 17.8 Å². The Morgan fingerprint density at radius 2 is 1.53 bits per heavy atom. The molecule has 1 saturated carbocycles. The largest absolute Gasteiger partial charge is 0.497 e. The lowest BCUT2D eigenvalue weighted by Gasteiger charge is -2.28. The van der Waals surface area contributed by atoms with Crippen LogP contribution < -0.4 is 9.47 Å². The van der Waals surface area contributed by atoms with Crippen LogP contribution in [0.25, 0.3) is 0 Å². The van der Waals surface area contributed by atoms with Crippen LogP contribution in [0, 0.1) is 11.8 Å². The molecule has 4 atom stereocenters. The van der Waals surface area contributed by atoms with Gasteiger partial charge in [0.05, 0.1) is 20.3 Å². The second-order valence-corrected chi connectivity index (χ2v) is 9.40. The van der Waals surface area contributed by atoms with E-state index in [1.165, 1.54) is 4.90 Å². The summed E-state index contributed by atoms with van der Waals surface area (Å²) in [5.41, 5.74) is 1.81. The monoisotopic (exact) mass is 465 g/mol. The van der Waals surface area contributed by atoms with Gasteiger partial charge in [-0.1, -0.05) is 38.1 Å². The van der Waals surface area contributed by atoms with Crippen molar-refractivity contribution < 1.29 is 28.6 Å². The van der Waals surface area contributed by atoms with E-state index >= 15 is 0 Å². The van der Waals surface area contributed by atoms with E-state index in [1.807, 2.05) is 62.4 Å². The Kier molecular flexibility index (Phi) is 6.91. The molecule has 7 nitrogen and oxygen atoms in total. The fourth-order valence-electron chi connectivity index (χ4n) is 5.22. The van der Waals surface area contributed by atoms with E-state index < -0.39 is 23.8 Å². The smallest absolute Gasteiger partial charge is 0.416 e. The lowest BCUT2D eigenvalue weighted by atomic mass is 9.79. The molecule has 1 aliphatic carbocycles. The van der Waals surface area contributed by atoms with E-state index in [2.05, 4.69) is 0 Å². The van der Waals surface area contributed by atoms with Gasteiger partial charge in [0.15, 0.2) is 0 Å². The first-order valence-electron chi connectivity index (χ1n) is 11.6. The Morgan fingerprint density at radius 3 is 2.06 bits per heavy atom. The fourth-order valence-corrected chi connectivity index (χ4v) is 5.22. The number of carbonyl (C=O) groups excluding carboxylic acids is 3. The minimum Gasteiger partial charge on any atom is -0.497 e. The number of rotatable bonds is 7. The predicted octanol–water partition coefficient (Wildman–Crippen LogP) is 4.55. The molecule has 7 heteroatoms. The normalized spacial score (nSPS) is 24.4. The fraction of sp³-hybridized carbons (Fsp3) is 0.444. The van der Waals surface area contributed by atoms with Crippen LogP contribution in [0.3, 0.4) is 0 Å². The van der Waals surface area contributed by atoms with Gasteiger partial charge in [-0.05, 0) is 53.6 Å². The van der Waals surface area contributed by atoms with Crippen LogP contribution in [-0.2, 0) is 14.3 Å². The van der Waals surface area contributed by atoms with E-state index in [4.69, 9.17) is 14.2 Å². The van der Waals surface area contributed by atoms with E-state index in [0.29, 0.717) is 12.2 Å². The SMILES string of the molecule is COc1ccc([C@@H]2[C@@H](C(=O)N3C(=O)OC[C@@H]3CC(C)C)C(=O)C[C@H]2c2ccc(OC)cc2)cc1. The Bertz CT molecular complexity index is 1050. The molecule has 0 spiro atoms. The van der Waals surface area contributed by atoms with Gasteiger partial charge >= 0.3 is 6.09 Å². The highest BCUT2D eigenvalue weighted by atomic mass is 16.6. The maximum Gasteiger partial charge on any atom is 0.416 e. The Balaban J connectivity index is 1.73. The molecule has 1 heterocycles. The van der Waals surface area contributed by atoms with Crippen LogP contribution >= 0.6 is 0 Å². The first-order valence-corrected chi connectivity index (χ1v) is 11.6. The first-order chi connectivity index (χ1) is 16.3. The van der Waals surface area contributed by atoms with Crippen molar-refractivity contribution in [3.63, 3.8) is 0 Å². The van der Waals surface area contributed by atoms with Crippen molar-refractivity contribution in [3.05, 3.63) is 59.7 Å². The third-order valence-electron chi connectivity index (χ3n) is 6.81. The highest BCUT2D eigenvalue weighted by Gasteiger charge is 2.52. The molecule has 2 aromatic rings. The third-order valence-corrected chi connectivity index (χ3v) is 6.81. The van der Waals surface area contributed by atoms with Crippen molar-refractivity contribution in [3.8, 4) is 11.5 Å². The van der Waals surface area contributed by atoms with Crippen LogP contribution in [0.5, 0.6) is 11.5 Å². The standard InChI is InChI=1S/C27H31NO6/c1-16(2)13-19-15-34-27(31)28(19)26(30)25-23(29)14-22(17-5-9-20(32-3)10-6-17)24(25)18-7-11-21(33-4)12-8-18/h5-12,16,19,22,24-25H,13-15H2,1-4H3/t19-,22-,24-,25-/m0/s1. The zero-order valence-electron chi connectivity index (χ0n) is 20.0. The van der Waals surface area contributed by atoms with Crippen molar-refractivity contribution in [2.45, 2.75) is 44.6 Å². The van der Waals surface area contributed by atoms with E-state index in [-0.39, 0.29) is 36.7 Å². The minimum absolute atomic E-state index is 0.158. The molecule has 2 aromatic carbocycles. The van der Waals surface area contributed by atoms with Crippen LogP contribution in [0.1, 0.15) is 49.7 Å². The highest BCUT2D eigenvalue weighted by Crippen LogP contribution is 2.49. The maximum atomic E-state index is 13.8. The number of methoxy groups -OCH3 is 2. The summed E-state index contributed by atoms with van der Waals surface area (Å²) >= 11 is 0. The molecule has 1 saturated heterocycles. The predicted molar refractivity (Wildman–Crippen MR) is 126 cm³/mol. The summed E-state index contributed by atoms with van der Waals surface area (Å²) in [5.74, 6) is -0.505. The van der Waals surface area contributed by atoms with Gasteiger partial charge < -0.3 is 14.2 Å². The van der Waals surface area contributed by atoms with Crippen molar-refractivity contribution in [1.29, 1.82) is 0 Å². The van der Waals surface area contributed by atoms with Crippen LogP contribution in [0.4, 0.5) is 4.79 Å². The quantitative estimate of drug-likeness (QED) is 0.558. The second kappa shape index (κ2) is 9.87. The summed E-state index contributed by atoms with van der Waals surface area (Å²) < 4.78 is 15.8. The average molecular weight is 466 g/mol. The third kappa shape index (κ3) is 4.52. The van der Waals surface area contributed by atoms with Crippen molar-refractivity contribution in [2.75, 3.05) is 20.8 Å². The number of Topliss-reactive ketones (excluding diaryl/α,β-unsaturated/α-hetero) is 1. The molecule has 0 unspecified atom stereocenters. The number of hydrogen-bond acceptors (Lipinski definition) is 6. The summed E-state index contributed by atoms with van der Waals surface area (Å²) in [5, 5.41) is 0. The number of ketones is 1. The van der Waals surface area contributed by atoms with Crippen LogP contribution in [0.2, 0.25) is 0 Å². The van der Waals surface area contributed by atoms with Gasteiger partial charge in [-0.3, -0.25) is 9.59 Å². The molecule has 0 aromatic heterocycles. The lowest BCUT2D eigenvalue weighted by molar-refractivity contribution is -0.138. The maximum absolute atomic E-state index is 13.8. The number of amides is 2. The second-order valence-electron chi connectivity index (χ2n) is 9.40. The van der Waals surface area contributed by atoms with E-state index in [1.54, 1.807) is 14.2 Å². The summed E-state index contributed by atoms with van der Waals surface area (Å²) in [6.45, 7) is 4.23. The molecule has 2 amide bonds. The molecule has 2 aliphatic rings. The Hall–Kier alpha value is -3.35. The number of benzene rings is 2. The molecule has 0 N–H and O–H groups in total. The summed E-state index contributed by atoms with van der Waals surface area (Å²) in [6, 6.07) is 14.7. The molecule has 0 bridgehead atoms. The summed E-state index contributed by atoms with van der Waals surface area (Å²) in [6.07, 6.45) is 0.190. The van der Waals surface area contributed by atoms with Gasteiger partial charge in [0, 0.05) is 12.3 Å². The molecular formula is C27H31NO6. The Labute approximate surface area is 200 Å². The number of cyclic esters (lactones) is 1. The number of ether oxygens (including phenoxy) is 3. The van der Waals surface area contributed by atoms with Gasteiger partial charge in [-0.25, -0.2) is 9.69 Å². The van der Waals surface area contributed by atoms with Gasteiger partial charge in [0.25, 0.3) is 0 Å². The average Bonchev–Trinajstić information content (AvgIpc) is 3.37. The summed E-state index contributed by atoms with van der Waals surface area (Å²) in [7, 11) is 3.19. The number of imide groups is 1. The van der Waals surface area contributed by atoms with Crippen molar-refractivity contribution in [2.24, 2.45) is 11.8 Å². The first kappa shape index (κ1) is 23.8. The van der Waals surface area contributed by atoms with Gasteiger partial charge in [0.2, 0.25) is 5.91 Å². The van der Waals surface area contributed by atoms with Gasteiger partial charge in [-0.2, -0.15) is 0 Å². The highest BCUT2D eigenvalue weighted by molar-refractivity contribution is 6.09. The zero-order chi connectivity index (χ0) is 24.4. The molecule has 4 rings (SSSR count). The van der Waals surface area contributed by atoms with Crippen molar-refractivity contribution in [1.82, 2.24) is 4.90 Å². The summed E-state index contributed by atoms with van der Waals surface area (Å²) in [4.78, 5) is 40.9. The van der Waals surface area contributed by atoms with Crippen LogP contribution in [-0.4, -0.2) is 49.6 Å². The lowest BCUT2D eigenvalue weighted by Crippen LogP contribution is -2.45. The molecule has 2 fully saturated rings. The van der Waals surface area contributed by atoms with Gasteiger partial charge in [-0.15, -0.1) is 0 Å². The number of nitrogens with zero attached hydrogens (tertiary/aromatic N) is 1. The molecular weight excluding hydrogens is 434 g/mol.